The van der Waals surface area contributed by atoms with E-state index in [0.717, 1.165) is 72.2 Å². The number of hydrogen-bond donors (Lipinski definition) is 2. The van der Waals surface area contributed by atoms with Crippen LogP contribution in [0.3, 0.4) is 0 Å². The van der Waals surface area contributed by atoms with Crippen molar-refractivity contribution >= 4 is 44.8 Å². The molecule has 7 rings (SSSR count). The van der Waals surface area contributed by atoms with Crippen LogP contribution in [0.1, 0.15) is 52.4 Å². The van der Waals surface area contributed by atoms with Crippen LogP contribution in [0.2, 0.25) is 5.02 Å². The molecule has 196 valence electrons. The van der Waals surface area contributed by atoms with Gasteiger partial charge in [-0.2, -0.15) is 0 Å². The third kappa shape index (κ3) is 4.35. The van der Waals surface area contributed by atoms with E-state index in [1.54, 1.807) is 7.11 Å². The average Bonchev–Trinajstić information content (AvgIpc) is 3.51. The third-order valence-corrected chi connectivity index (χ3v) is 8.55. The predicted octanol–water partition coefficient (Wildman–Crippen LogP) is 7.57. The largest absolute Gasteiger partial charge is 0.497 e. The van der Waals surface area contributed by atoms with Gasteiger partial charge in [-0.25, -0.2) is 0 Å². The number of benzene rings is 3. The fourth-order valence-corrected chi connectivity index (χ4v) is 6.48. The monoisotopic (exact) mass is 534 g/mol. The molecule has 0 saturated heterocycles. The second-order valence-corrected chi connectivity index (χ2v) is 11.2. The molecular formula is C33H31ClN4O. The van der Waals surface area contributed by atoms with Crippen molar-refractivity contribution in [3.8, 4) is 5.75 Å². The van der Waals surface area contributed by atoms with Crippen molar-refractivity contribution in [2.75, 3.05) is 20.2 Å². The number of fused-ring (bicyclic) bond motifs is 6. The van der Waals surface area contributed by atoms with Crippen LogP contribution in [0.25, 0.3) is 21.8 Å². The summed E-state index contributed by atoms with van der Waals surface area (Å²) < 4.78 is 5.48. The first-order valence-corrected chi connectivity index (χ1v) is 14.1. The highest BCUT2D eigenvalue weighted by Gasteiger charge is 2.27. The first-order chi connectivity index (χ1) is 19.1. The summed E-state index contributed by atoms with van der Waals surface area (Å²) >= 11 is 6.29. The first-order valence-electron chi connectivity index (χ1n) is 13.7. The van der Waals surface area contributed by atoms with Crippen molar-refractivity contribution in [1.82, 2.24) is 9.97 Å². The Bertz CT molecular complexity index is 1770. The van der Waals surface area contributed by atoms with Crippen molar-refractivity contribution in [2.45, 2.75) is 38.5 Å². The Labute approximate surface area is 233 Å². The van der Waals surface area contributed by atoms with Gasteiger partial charge in [0, 0.05) is 46.0 Å². The molecule has 1 unspecified atom stereocenters. The van der Waals surface area contributed by atoms with E-state index in [4.69, 9.17) is 26.3 Å². The topological polar surface area (TPSA) is 65.5 Å². The zero-order chi connectivity index (χ0) is 26.5. The number of hydrogen-bond acceptors (Lipinski definition) is 3. The van der Waals surface area contributed by atoms with Gasteiger partial charge in [-0.3, -0.25) is 9.98 Å². The lowest BCUT2D eigenvalue weighted by Gasteiger charge is -2.23. The van der Waals surface area contributed by atoms with Gasteiger partial charge in [-0.1, -0.05) is 35.9 Å². The quantitative estimate of drug-likeness (QED) is 0.232. The maximum Gasteiger partial charge on any atom is 0.120 e. The number of nitrogens with zero attached hydrogens (tertiary/aromatic N) is 2. The molecule has 5 nitrogen and oxygen atoms in total. The van der Waals surface area contributed by atoms with Gasteiger partial charge in [-0.05, 0) is 91.1 Å². The number of nitrogens with one attached hydrogen (secondary N) is 2. The summed E-state index contributed by atoms with van der Waals surface area (Å²) in [5.74, 6) is 1.07. The minimum absolute atomic E-state index is 0.214. The average molecular weight is 535 g/mol. The molecule has 0 saturated carbocycles. The van der Waals surface area contributed by atoms with Crippen LogP contribution in [0.15, 0.2) is 70.6 Å². The molecule has 1 atom stereocenters. The number of H-pyrrole nitrogens is 2. The summed E-state index contributed by atoms with van der Waals surface area (Å²) in [6.45, 7) is 3.77. The lowest BCUT2D eigenvalue weighted by molar-refractivity contribution is 0.415. The Kier molecular flexibility index (Phi) is 6.04. The Morgan fingerprint density at radius 1 is 0.795 bits per heavy atom. The molecule has 2 N–H and O–H groups in total. The minimum atomic E-state index is 0.214. The summed E-state index contributed by atoms with van der Waals surface area (Å²) in [5.41, 5.74) is 12.2. The van der Waals surface area contributed by atoms with Crippen molar-refractivity contribution in [3.05, 3.63) is 99.3 Å². The van der Waals surface area contributed by atoms with Crippen LogP contribution < -0.4 is 4.74 Å². The Morgan fingerprint density at radius 2 is 1.38 bits per heavy atom. The van der Waals surface area contributed by atoms with E-state index in [9.17, 15) is 0 Å². The van der Waals surface area contributed by atoms with E-state index >= 15 is 0 Å². The second kappa shape index (κ2) is 9.73. The summed E-state index contributed by atoms with van der Waals surface area (Å²) in [6.07, 6.45) is 3.58. The molecule has 0 bridgehead atoms. The predicted molar refractivity (Wildman–Crippen MR) is 162 cm³/mol. The lowest BCUT2D eigenvalue weighted by Crippen LogP contribution is -2.20. The number of aliphatic imine (C=N–C) groups is 2. The van der Waals surface area contributed by atoms with Gasteiger partial charge in [0.2, 0.25) is 0 Å². The molecule has 0 spiro atoms. The molecule has 2 aromatic heterocycles. The Morgan fingerprint density at radius 3 is 2.00 bits per heavy atom. The van der Waals surface area contributed by atoms with E-state index in [1.807, 2.05) is 18.2 Å². The van der Waals surface area contributed by atoms with Gasteiger partial charge < -0.3 is 14.7 Å². The standard InChI is InChI=1S/C33H31ClN4O/c1-19-3-9-24-26-11-13-35-30(32(26)37-28(24)15-19)16-21(20-4-6-22(34)7-5-20)17-31-33-27(12-14-36-31)25-10-8-23(39-2)18-29(25)38-33/h3-10,15,18,21,37-38H,11-14,16-17H2,1-2H3. The molecule has 0 aliphatic carbocycles. The maximum absolute atomic E-state index is 6.29. The SMILES string of the molecule is COc1ccc2c3c([nH]c2c1)C(CC(CC1=NCCc2c1[nH]c1cc(C)ccc21)c1ccc(Cl)cc1)=NCC3. The molecule has 2 aliphatic heterocycles. The molecule has 0 radical (unpaired) electrons. The minimum Gasteiger partial charge on any atom is -0.497 e. The number of aryl methyl sites for hydroxylation is 1. The highest BCUT2D eigenvalue weighted by molar-refractivity contribution is 6.30. The molecule has 0 fully saturated rings. The molecule has 0 amide bonds. The van der Waals surface area contributed by atoms with Crippen LogP contribution in [-0.2, 0) is 12.8 Å². The van der Waals surface area contributed by atoms with E-state index in [2.05, 4.69) is 59.4 Å². The van der Waals surface area contributed by atoms with Crippen LogP contribution in [0.5, 0.6) is 5.75 Å². The molecule has 4 heterocycles. The Balaban J connectivity index is 1.26. The van der Waals surface area contributed by atoms with Crippen molar-refractivity contribution in [2.24, 2.45) is 9.98 Å². The smallest absolute Gasteiger partial charge is 0.120 e. The van der Waals surface area contributed by atoms with E-state index in [-0.39, 0.29) is 5.92 Å². The van der Waals surface area contributed by atoms with Gasteiger partial charge in [0.05, 0.1) is 29.9 Å². The van der Waals surface area contributed by atoms with E-state index < -0.39 is 0 Å². The fraction of sp³-hybridized carbons (Fsp3) is 0.273. The normalized spacial score (nSPS) is 15.6. The van der Waals surface area contributed by atoms with Crippen molar-refractivity contribution in [3.63, 3.8) is 0 Å². The van der Waals surface area contributed by atoms with Gasteiger partial charge in [0.1, 0.15) is 5.75 Å². The van der Waals surface area contributed by atoms with E-state index in [1.165, 1.54) is 44.2 Å². The molecule has 5 aromatic rings. The van der Waals surface area contributed by atoms with Gasteiger partial charge in [-0.15, -0.1) is 0 Å². The lowest BCUT2D eigenvalue weighted by atomic mass is 9.85. The van der Waals surface area contributed by atoms with Crippen molar-refractivity contribution in [1.29, 1.82) is 0 Å². The fourth-order valence-electron chi connectivity index (χ4n) is 6.35. The van der Waals surface area contributed by atoms with Gasteiger partial charge >= 0.3 is 0 Å². The number of methoxy groups -OCH3 is 1. The summed E-state index contributed by atoms with van der Waals surface area (Å²) in [4.78, 5) is 17.5. The first kappa shape index (κ1) is 24.2. The molecule has 3 aromatic carbocycles. The number of aromatic amines is 2. The Hall–Kier alpha value is -3.83. The van der Waals surface area contributed by atoms with Crippen molar-refractivity contribution < 1.29 is 4.74 Å². The zero-order valence-electron chi connectivity index (χ0n) is 22.3. The summed E-state index contributed by atoms with van der Waals surface area (Å²) in [7, 11) is 1.71. The number of ether oxygens (including phenoxy) is 1. The van der Waals surface area contributed by atoms with Gasteiger partial charge in [0.25, 0.3) is 0 Å². The van der Waals surface area contributed by atoms with Crippen LogP contribution in [0.4, 0.5) is 0 Å². The maximum atomic E-state index is 6.29. The highest BCUT2D eigenvalue weighted by atomic mass is 35.5. The van der Waals surface area contributed by atoms with Crippen LogP contribution >= 0.6 is 11.6 Å². The molecule has 39 heavy (non-hydrogen) atoms. The second-order valence-electron chi connectivity index (χ2n) is 10.7. The summed E-state index contributed by atoms with van der Waals surface area (Å²) in [6, 6.07) is 21.3. The zero-order valence-corrected chi connectivity index (χ0v) is 23.0. The van der Waals surface area contributed by atoms with E-state index in [0.29, 0.717) is 0 Å². The molecule has 6 heteroatoms. The highest BCUT2D eigenvalue weighted by Crippen LogP contribution is 2.36. The number of rotatable bonds is 6. The number of halogens is 1. The third-order valence-electron chi connectivity index (χ3n) is 8.30. The van der Waals surface area contributed by atoms with Crippen LogP contribution in [-0.4, -0.2) is 41.6 Å². The molecule has 2 aliphatic rings. The molecular weight excluding hydrogens is 504 g/mol. The summed E-state index contributed by atoms with van der Waals surface area (Å²) in [5, 5.41) is 3.33. The van der Waals surface area contributed by atoms with Gasteiger partial charge in [0.15, 0.2) is 0 Å². The van der Waals surface area contributed by atoms with Crippen LogP contribution in [0, 0.1) is 6.92 Å². The number of aromatic nitrogens is 2.